The maximum atomic E-state index is 6.26. The molecule has 0 radical (unpaired) electrons. The Morgan fingerprint density at radius 2 is 1.58 bits per heavy atom. The van der Waals surface area contributed by atoms with Gasteiger partial charge in [0.05, 0.1) is 0 Å². The lowest BCUT2D eigenvalue weighted by molar-refractivity contribution is -0.671. The molecule has 0 aliphatic carbocycles. The quantitative estimate of drug-likeness (QED) is 0.591. The summed E-state index contributed by atoms with van der Waals surface area (Å²) in [4.78, 5) is 0. The van der Waals surface area contributed by atoms with Crippen molar-refractivity contribution in [2.45, 2.75) is 13.8 Å². The van der Waals surface area contributed by atoms with Crippen LogP contribution in [0.1, 0.15) is 27.8 Å². The van der Waals surface area contributed by atoms with Gasteiger partial charge in [0, 0.05) is 23.3 Å². The molecule has 2 nitrogen and oxygen atoms in total. The molecule has 0 N–H and O–H groups in total. The van der Waals surface area contributed by atoms with E-state index in [2.05, 4.69) is 74.8 Å². The summed E-state index contributed by atoms with van der Waals surface area (Å²) in [6.07, 6.45) is 8.49. The summed E-state index contributed by atoms with van der Waals surface area (Å²) in [5, 5.41) is 0. The van der Waals surface area contributed by atoms with Gasteiger partial charge in [-0.05, 0) is 60.4 Å². The molecule has 0 amide bonds. The average molecular weight is 340 g/mol. The first-order valence-corrected chi connectivity index (χ1v) is 8.84. The van der Waals surface area contributed by atoms with Crippen LogP contribution in [-0.2, 0) is 7.05 Å². The molecule has 1 aliphatic heterocycles. The van der Waals surface area contributed by atoms with Crippen molar-refractivity contribution in [3.63, 3.8) is 0 Å². The van der Waals surface area contributed by atoms with Crippen LogP contribution < -0.4 is 9.30 Å². The van der Waals surface area contributed by atoms with Crippen molar-refractivity contribution in [2.75, 3.05) is 0 Å². The molecule has 2 aromatic carbocycles. The molecule has 128 valence electrons. The van der Waals surface area contributed by atoms with Gasteiger partial charge in [-0.15, -0.1) is 0 Å². The smallest absolute Gasteiger partial charge is 0.169 e. The van der Waals surface area contributed by atoms with Crippen molar-refractivity contribution in [3.8, 4) is 5.75 Å². The van der Waals surface area contributed by atoms with Gasteiger partial charge in [-0.3, -0.25) is 0 Å². The lowest BCUT2D eigenvalue weighted by atomic mass is 9.94. The normalized spacial score (nSPS) is 14.6. The van der Waals surface area contributed by atoms with Crippen molar-refractivity contribution < 1.29 is 9.30 Å². The average Bonchev–Trinajstić information content (AvgIpc) is 2.65. The lowest BCUT2D eigenvalue weighted by Crippen LogP contribution is -2.25. The molecule has 0 bridgehead atoms. The van der Waals surface area contributed by atoms with Crippen molar-refractivity contribution >= 4 is 17.4 Å². The summed E-state index contributed by atoms with van der Waals surface area (Å²) < 4.78 is 8.30. The van der Waals surface area contributed by atoms with Crippen LogP contribution in [0.4, 0.5) is 0 Å². The van der Waals surface area contributed by atoms with Crippen LogP contribution >= 0.6 is 0 Å². The Bertz CT molecular complexity index is 1010. The van der Waals surface area contributed by atoms with E-state index in [1.54, 1.807) is 0 Å². The number of benzene rings is 2. The van der Waals surface area contributed by atoms with Gasteiger partial charge in [0.1, 0.15) is 18.6 Å². The molecule has 4 rings (SSSR count). The SMILES string of the molecule is Cc1cc2c(cc1C)C(=Cc1cc[n+](C)cc1)C=C(c1ccccc1)O2. The lowest BCUT2D eigenvalue weighted by Gasteiger charge is -2.22. The molecule has 0 saturated carbocycles. The minimum atomic E-state index is 0.883. The predicted molar refractivity (Wildman–Crippen MR) is 106 cm³/mol. The van der Waals surface area contributed by atoms with Crippen LogP contribution in [0.15, 0.2) is 73.1 Å². The molecule has 2 heteroatoms. The Balaban J connectivity index is 1.87. The molecular formula is C24H22NO+. The molecule has 26 heavy (non-hydrogen) atoms. The van der Waals surface area contributed by atoms with Gasteiger partial charge in [-0.1, -0.05) is 30.3 Å². The van der Waals surface area contributed by atoms with Gasteiger partial charge in [0.25, 0.3) is 0 Å². The highest BCUT2D eigenvalue weighted by molar-refractivity contribution is 5.96. The summed E-state index contributed by atoms with van der Waals surface area (Å²) in [5.41, 5.74) is 7.08. The summed E-state index contributed by atoms with van der Waals surface area (Å²) in [5.74, 6) is 1.80. The number of hydrogen-bond donors (Lipinski definition) is 0. The molecule has 0 saturated heterocycles. The Morgan fingerprint density at radius 3 is 2.31 bits per heavy atom. The zero-order valence-electron chi connectivity index (χ0n) is 15.4. The number of aryl methyl sites for hydroxylation is 3. The topological polar surface area (TPSA) is 13.1 Å². The Labute approximate surface area is 154 Å². The maximum Gasteiger partial charge on any atom is 0.169 e. The van der Waals surface area contributed by atoms with Crippen LogP contribution in [0, 0.1) is 13.8 Å². The van der Waals surface area contributed by atoms with E-state index in [1.165, 1.54) is 22.3 Å². The van der Waals surface area contributed by atoms with E-state index in [0.717, 1.165) is 22.6 Å². The molecular weight excluding hydrogens is 318 g/mol. The molecule has 2 heterocycles. The van der Waals surface area contributed by atoms with Gasteiger partial charge in [0.2, 0.25) is 0 Å². The van der Waals surface area contributed by atoms with Crippen LogP contribution in [0.5, 0.6) is 5.75 Å². The molecule has 3 aromatic rings. The Morgan fingerprint density at radius 1 is 0.885 bits per heavy atom. The van der Waals surface area contributed by atoms with Crippen molar-refractivity contribution in [3.05, 3.63) is 101 Å². The number of pyridine rings is 1. The second kappa shape index (κ2) is 6.64. The predicted octanol–water partition coefficient (Wildman–Crippen LogP) is 5.10. The third kappa shape index (κ3) is 3.18. The largest absolute Gasteiger partial charge is 0.456 e. The zero-order chi connectivity index (χ0) is 18.1. The number of rotatable bonds is 2. The number of fused-ring (bicyclic) bond motifs is 1. The Hall–Kier alpha value is -3.13. The summed E-state index contributed by atoms with van der Waals surface area (Å²) in [6, 6.07) is 18.9. The van der Waals surface area contributed by atoms with E-state index in [1.807, 2.05) is 29.8 Å². The van der Waals surface area contributed by atoms with Crippen molar-refractivity contribution in [1.29, 1.82) is 0 Å². The number of nitrogens with zero attached hydrogens (tertiary/aromatic N) is 1. The second-order valence-electron chi connectivity index (χ2n) is 6.81. The van der Waals surface area contributed by atoms with Crippen LogP contribution in [-0.4, -0.2) is 0 Å². The van der Waals surface area contributed by atoms with E-state index in [4.69, 9.17) is 4.74 Å². The number of hydrogen-bond acceptors (Lipinski definition) is 1. The minimum Gasteiger partial charge on any atom is -0.456 e. The number of aromatic nitrogens is 1. The molecule has 1 aliphatic rings. The number of ether oxygens (including phenoxy) is 1. The van der Waals surface area contributed by atoms with Crippen molar-refractivity contribution in [1.82, 2.24) is 0 Å². The second-order valence-corrected chi connectivity index (χ2v) is 6.81. The number of allylic oxidation sites excluding steroid dienone is 2. The van der Waals surface area contributed by atoms with E-state index in [0.29, 0.717) is 0 Å². The molecule has 0 fully saturated rings. The van der Waals surface area contributed by atoms with Crippen LogP contribution in [0.2, 0.25) is 0 Å². The summed E-state index contributed by atoms with van der Waals surface area (Å²) >= 11 is 0. The summed E-state index contributed by atoms with van der Waals surface area (Å²) in [6.45, 7) is 4.27. The van der Waals surface area contributed by atoms with E-state index >= 15 is 0 Å². The first-order chi connectivity index (χ1) is 12.6. The minimum absolute atomic E-state index is 0.883. The van der Waals surface area contributed by atoms with Gasteiger partial charge in [-0.2, -0.15) is 0 Å². The molecule has 1 aromatic heterocycles. The van der Waals surface area contributed by atoms with Gasteiger partial charge in [-0.25, -0.2) is 4.57 Å². The van der Waals surface area contributed by atoms with E-state index in [9.17, 15) is 0 Å². The third-order valence-electron chi connectivity index (χ3n) is 4.80. The molecule has 0 unspecified atom stereocenters. The standard InChI is InChI=1S/C24H22NO/c1-17-13-22-21(15-19-9-11-25(3)12-10-19)16-23(20-7-5-4-6-8-20)26-24(22)14-18(17)2/h4-16H,1-3H3/q+1. The van der Waals surface area contributed by atoms with Gasteiger partial charge in [0.15, 0.2) is 12.4 Å². The van der Waals surface area contributed by atoms with E-state index < -0.39 is 0 Å². The highest BCUT2D eigenvalue weighted by Gasteiger charge is 2.19. The first kappa shape index (κ1) is 16.3. The fourth-order valence-corrected chi connectivity index (χ4v) is 3.12. The zero-order valence-corrected chi connectivity index (χ0v) is 15.4. The fourth-order valence-electron chi connectivity index (χ4n) is 3.12. The molecule has 0 spiro atoms. The monoisotopic (exact) mass is 340 g/mol. The Kier molecular flexibility index (Phi) is 4.18. The summed E-state index contributed by atoms with van der Waals surface area (Å²) in [7, 11) is 2.03. The van der Waals surface area contributed by atoms with Crippen LogP contribution in [0.25, 0.3) is 17.4 Å². The third-order valence-corrected chi connectivity index (χ3v) is 4.80. The highest BCUT2D eigenvalue weighted by atomic mass is 16.5. The highest BCUT2D eigenvalue weighted by Crippen LogP contribution is 2.39. The first-order valence-electron chi connectivity index (χ1n) is 8.84. The van der Waals surface area contributed by atoms with Gasteiger partial charge >= 0.3 is 0 Å². The van der Waals surface area contributed by atoms with E-state index in [-0.39, 0.29) is 0 Å². The van der Waals surface area contributed by atoms with Crippen molar-refractivity contribution in [2.24, 2.45) is 7.05 Å². The fraction of sp³-hybridized carbons (Fsp3) is 0.125. The maximum absolute atomic E-state index is 6.26. The van der Waals surface area contributed by atoms with Crippen LogP contribution in [0.3, 0.4) is 0 Å². The van der Waals surface area contributed by atoms with Gasteiger partial charge < -0.3 is 4.74 Å². The molecule has 0 atom stereocenters.